The first-order valence-corrected chi connectivity index (χ1v) is 11.9. The van der Waals surface area contributed by atoms with E-state index in [1.165, 1.54) is 18.3 Å². The van der Waals surface area contributed by atoms with Crippen molar-refractivity contribution >= 4 is 34.7 Å². The molecular weight excluding hydrogens is 484 g/mol. The van der Waals surface area contributed by atoms with Crippen LogP contribution >= 0.6 is 0 Å². The second-order valence-electron chi connectivity index (χ2n) is 8.91. The molecule has 0 bridgehead atoms. The first-order chi connectivity index (χ1) is 18.3. The number of aromatic nitrogens is 2. The molecule has 2 amide bonds. The highest BCUT2D eigenvalue weighted by Crippen LogP contribution is 2.38. The highest BCUT2D eigenvalue weighted by molar-refractivity contribution is 6.09. The first kappa shape index (κ1) is 24.4. The van der Waals surface area contributed by atoms with Crippen LogP contribution in [0.2, 0.25) is 0 Å². The Hall–Kier alpha value is -5.25. The number of hydrogen-bond donors (Lipinski definition) is 3. The molecule has 3 N–H and O–H groups in total. The van der Waals surface area contributed by atoms with Crippen molar-refractivity contribution in [3.63, 3.8) is 0 Å². The topological polar surface area (TPSA) is 131 Å². The quantitative estimate of drug-likeness (QED) is 0.240. The third kappa shape index (κ3) is 4.74. The van der Waals surface area contributed by atoms with E-state index in [1.807, 2.05) is 49.4 Å². The van der Waals surface area contributed by atoms with Crippen LogP contribution in [0.1, 0.15) is 34.5 Å². The van der Waals surface area contributed by atoms with Crippen LogP contribution in [0.4, 0.5) is 22.9 Å². The lowest BCUT2D eigenvalue weighted by molar-refractivity contribution is -0.384. The molecule has 0 unspecified atom stereocenters. The number of hydrogen-bond acceptors (Lipinski definition) is 6. The van der Waals surface area contributed by atoms with E-state index in [2.05, 4.69) is 21.0 Å². The zero-order chi connectivity index (χ0) is 26.8. The van der Waals surface area contributed by atoms with Gasteiger partial charge < -0.3 is 16.0 Å². The number of rotatable bonds is 6. The fourth-order valence-electron chi connectivity index (χ4n) is 4.36. The lowest BCUT2D eigenvalue weighted by Gasteiger charge is -2.30. The largest absolute Gasteiger partial charge is 0.343 e. The van der Waals surface area contributed by atoms with Crippen LogP contribution in [0.3, 0.4) is 0 Å². The number of benzene rings is 3. The van der Waals surface area contributed by atoms with Crippen molar-refractivity contribution < 1.29 is 14.5 Å². The molecule has 0 aliphatic carbocycles. The molecule has 0 saturated carbocycles. The van der Waals surface area contributed by atoms with Crippen molar-refractivity contribution in [1.29, 1.82) is 0 Å². The third-order valence-electron chi connectivity index (χ3n) is 6.27. The Kier molecular flexibility index (Phi) is 6.44. The van der Waals surface area contributed by atoms with Crippen LogP contribution in [-0.2, 0) is 4.79 Å². The zero-order valence-electron chi connectivity index (χ0n) is 20.6. The van der Waals surface area contributed by atoms with Crippen molar-refractivity contribution in [2.75, 3.05) is 16.0 Å². The van der Waals surface area contributed by atoms with E-state index >= 15 is 0 Å². The van der Waals surface area contributed by atoms with Crippen LogP contribution in [0, 0.1) is 17.0 Å². The summed E-state index contributed by atoms with van der Waals surface area (Å²) in [6, 6.07) is 21.7. The van der Waals surface area contributed by atoms with E-state index in [-0.39, 0.29) is 17.5 Å². The number of carbonyl (C=O) groups excluding carboxylic acids is 2. The molecule has 0 fully saturated rings. The highest BCUT2D eigenvalue weighted by atomic mass is 16.6. The lowest BCUT2D eigenvalue weighted by atomic mass is 9.94. The minimum atomic E-state index is -0.739. The predicted octanol–water partition coefficient (Wildman–Crippen LogP) is 5.28. The summed E-state index contributed by atoms with van der Waals surface area (Å²) < 4.78 is 1.55. The maximum atomic E-state index is 13.5. The summed E-state index contributed by atoms with van der Waals surface area (Å²) in [5.41, 5.74) is 4.04. The summed E-state index contributed by atoms with van der Waals surface area (Å²) in [6.07, 6.45) is 1.44. The van der Waals surface area contributed by atoms with Crippen LogP contribution in [-0.4, -0.2) is 26.5 Å². The second kappa shape index (κ2) is 10.0. The normalized spacial score (nSPS) is 14.3. The predicted molar refractivity (Wildman–Crippen MR) is 144 cm³/mol. The summed E-state index contributed by atoms with van der Waals surface area (Å²) >= 11 is 0. The molecule has 1 aromatic heterocycles. The van der Waals surface area contributed by atoms with E-state index in [0.717, 1.165) is 5.56 Å². The van der Waals surface area contributed by atoms with Gasteiger partial charge in [0.25, 0.3) is 17.5 Å². The van der Waals surface area contributed by atoms with Crippen molar-refractivity contribution in [2.24, 2.45) is 0 Å². The van der Waals surface area contributed by atoms with Crippen LogP contribution in [0.15, 0.2) is 96.3 Å². The van der Waals surface area contributed by atoms with Crippen LogP contribution in [0.25, 0.3) is 0 Å². The van der Waals surface area contributed by atoms with Gasteiger partial charge in [-0.2, -0.15) is 5.10 Å². The van der Waals surface area contributed by atoms with Crippen LogP contribution < -0.4 is 16.0 Å². The van der Waals surface area contributed by atoms with Crippen molar-refractivity contribution in [1.82, 2.24) is 9.78 Å². The summed E-state index contributed by atoms with van der Waals surface area (Å²) in [5.74, 6) is -0.321. The van der Waals surface area contributed by atoms with E-state index in [1.54, 1.807) is 35.9 Å². The van der Waals surface area contributed by atoms with E-state index in [4.69, 9.17) is 0 Å². The molecule has 2 heterocycles. The number of non-ortho nitro benzene ring substituents is 1. The first-order valence-electron chi connectivity index (χ1n) is 11.9. The number of carbonyl (C=O) groups is 2. The van der Waals surface area contributed by atoms with Gasteiger partial charge in [-0.3, -0.25) is 19.7 Å². The number of nitrogens with one attached hydrogen (secondary N) is 3. The number of nitro benzene ring substituents is 1. The van der Waals surface area contributed by atoms with E-state index < -0.39 is 11.0 Å². The Morgan fingerprint density at radius 1 is 0.895 bits per heavy atom. The van der Waals surface area contributed by atoms with Gasteiger partial charge in [0.15, 0.2) is 0 Å². The number of nitrogens with zero attached hydrogens (tertiary/aromatic N) is 3. The van der Waals surface area contributed by atoms with Gasteiger partial charge in [-0.25, -0.2) is 4.68 Å². The van der Waals surface area contributed by atoms with E-state index in [0.29, 0.717) is 39.6 Å². The Labute approximate surface area is 218 Å². The smallest absolute Gasteiger partial charge is 0.269 e. The number of amides is 2. The van der Waals surface area contributed by atoms with Gasteiger partial charge in [-0.1, -0.05) is 35.9 Å². The van der Waals surface area contributed by atoms with Crippen LogP contribution in [0.5, 0.6) is 0 Å². The molecule has 3 aromatic carbocycles. The van der Waals surface area contributed by atoms with Gasteiger partial charge in [0, 0.05) is 29.2 Å². The monoisotopic (exact) mass is 508 g/mol. The fourth-order valence-corrected chi connectivity index (χ4v) is 4.36. The molecule has 1 atom stereocenters. The summed E-state index contributed by atoms with van der Waals surface area (Å²) in [5, 5.41) is 24.6. The molecule has 1 aliphatic heterocycles. The molecule has 0 saturated heterocycles. The Bertz CT molecular complexity index is 1560. The summed E-state index contributed by atoms with van der Waals surface area (Å²) in [7, 11) is 0. The Morgan fingerprint density at radius 3 is 2.18 bits per heavy atom. The number of aryl methyl sites for hydroxylation is 1. The lowest BCUT2D eigenvalue weighted by Crippen LogP contribution is -2.32. The number of allylic oxidation sites excluding steroid dienone is 1. The fraction of sp³-hybridized carbons (Fsp3) is 0.107. The average molecular weight is 509 g/mol. The SMILES string of the molecule is CC1=C(C(=O)Nc2ccccc2)[C@H](c2ccc([N+](=O)[O-])cc2)n2ncc(C(=O)Nc3ccc(C)cc3)c2N1. The molecule has 5 rings (SSSR count). The standard InChI is InChI=1S/C28H24N6O4/c1-17-8-12-21(13-9-17)31-27(35)23-16-29-33-25(19-10-14-22(15-11-19)34(37)38)24(18(2)30-26(23)33)28(36)32-20-6-4-3-5-7-20/h3-16,25,30H,1-2H3,(H,31,35)(H,32,36)/t25-/m0/s1. The molecule has 0 radical (unpaired) electrons. The molecule has 1 aliphatic rings. The van der Waals surface area contributed by atoms with Gasteiger partial charge in [-0.05, 0) is 55.8 Å². The van der Waals surface area contributed by atoms with Gasteiger partial charge in [0.1, 0.15) is 17.4 Å². The molecule has 10 heteroatoms. The number of nitro groups is 1. The Balaban J connectivity index is 1.54. The molecule has 10 nitrogen and oxygen atoms in total. The maximum Gasteiger partial charge on any atom is 0.269 e. The summed E-state index contributed by atoms with van der Waals surface area (Å²) in [6.45, 7) is 3.71. The number of anilines is 3. The van der Waals surface area contributed by atoms with Crippen molar-refractivity contribution in [2.45, 2.75) is 19.9 Å². The second-order valence-corrected chi connectivity index (χ2v) is 8.91. The molecular formula is C28H24N6O4. The van der Waals surface area contributed by atoms with Crippen molar-refractivity contribution in [3.8, 4) is 0 Å². The van der Waals surface area contributed by atoms with Gasteiger partial charge in [-0.15, -0.1) is 0 Å². The highest BCUT2D eigenvalue weighted by Gasteiger charge is 2.35. The molecule has 38 heavy (non-hydrogen) atoms. The average Bonchev–Trinajstić information content (AvgIpc) is 3.33. The molecule has 4 aromatic rings. The minimum absolute atomic E-state index is 0.0717. The maximum absolute atomic E-state index is 13.5. The van der Waals surface area contributed by atoms with Crippen molar-refractivity contribution in [3.05, 3.63) is 123 Å². The van der Waals surface area contributed by atoms with Gasteiger partial charge >= 0.3 is 0 Å². The number of fused-ring (bicyclic) bond motifs is 1. The molecule has 190 valence electrons. The zero-order valence-corrected chi connectivity index (χ0v) is 20.6. The van der Waals surface area contributed by atoms with Gasteiger partial charge in [0.2, 0.25) is 0 Å². The minimum Gasteiger partial charge on any atom is -0.343 e. The van der Waals surface area contributed by atoms with E-state index in [9.17, 15) is 19.7 Å². The number of para-hydroxylation sites is 1. The summed E-state index contributed by atoms with van der Waals surface area (Å²) in [4.78, 5) is 37.4. The molecule has 0 spiro atoms. The van der Waals surface area contributed by atoms with Gasteiger partial charge in [0.05, 0.1) is 16.7 Å². The Morgan fingerprint density at radius 2 is 1.53 bits per heavy atom. The third-order valence-corrected chi connectivity index (χ3v) is 6.27.